The van der Waals surface area contributed by atoms with E-state index in [9.17, 15) is 10.2 Å². The van der Waals surface area contributed by atoms with Gasteiger partial charge in [-0.1, -0.05) is 60.1 Å². The summed E-state index contributed by atoms with van der Waals surface area (Å²) in [5.41, 5.74) is 5.55. The molecule has 0 aromatic carbocycles. The first kappa shape index (κ1) is 23.6. The van der Waals surface area contributed by atoms with E-state index in [1.807, 2.05) is 0 Å². The predicted molar refractivity (Wildman–Crippen MR) is 130 cm³/mol. The largest absolute Gasteiger partial charge is 0.393 e. The smallest absolute Gasteiger partial charge is 0.0594 e. The molecule has 0 radical (unpaired) electrons. The molecule has 7 atom stereocenters. The Bertz CT molecular complexity index is 759. The Morgan fingerprint density at radius 1 is 0.968 bits per heavy atom. The molecule has 1 saturated carbocycles. The van der Waals surface area contributed by atoms with Gasteiger partial charge in [-0.05, 0) is 109 Å². The van der Waals surface area contributed by atoms with Gasteiger partial charge in [0.05, 0.1) is 12.2 Å². The van der Waals surface area contributed by atoms with Crippen molar-refractivity contribution in [2.45, 2.75) is 118 Å². The highest BCUT2D eigenvalue weighted by atomic mass is 16.3. The van der Waals surface area contributed by atoms with E-state index < -0.39 is 0 Å². The molecule has 2 heteroatoms. The van der Waals surface area contributed by atoms with Gasteiger partial charge in [-0.25, -0.2) is 0 Å². The van der Waals surface area contributed by atoms with Gasteiger partial charge in [0.25, 0.3) is 0 Å². The van der Waals surface area contributed by atoms with E-state index in [1.165, 1.54) is 25.7 Å². The Labute approximate surface area is 191 Å². The molecule has 4 aliphatic carbocycles. The molecular weight excluding hydrogens is 380 g/mol. The third-order valence-corrected chi connectivity index (χ3v) is 10.7. The summed E-state index contributed by atoms with van der Waals surface area (Å²) in [5, 5.41) is 21.7. The Kier molecular flexibility index (Phi) is 6.09. The fraction of sp³-hybridized carbons (Fsp3) is 0.862. The minimum Gasteiger partial charge on any atom is -0.393 e. The first-order valence-electron chi connectivity index (χ1n) is 13.2. The van der Waals surface area contributed by atoms with Gasteiger partial charge in [0.2, 0.25) is 0 Å². The van der Waals surface area contributed by atoms with Crippen LogP contribution < -0.4 is 0 Å². The van der Waals surface area contributed by atoms with Gasteiger partial charge in [0.15, 0.2) is 0 Å². The van der Waals surface area contributed by atoms with Crippen LogP contribution in [-0.2, 0) is 0 Å². The summed E-state index contributed by atoms with van der Waals surface area (Å²) in [6.07, 6.45) is 12.3. The lowest BCUT2D eigenvalue weighted by molar-refractivity contribution is -0.0907. The van der Waals surface area contributed by atoms with Gasteiger partial charge in [-0.15, -0.1) is 0 Å². The first-order chi connectivity index (χ1) is 14.4. The molecule has 2 N–H and O–H groups in total. The lowest BCUT2D eigenvalue weighted by atomic mass is 9.46. The van der Waals surface area contributed by atoms with E-state index in [4.69, 9.17) is 0 Å². The van der Waals surface area contributed by atoms with Gasteiger partial charge in [-0.3, -0.25) is 0 Å². The molecule has 0 unspecified atom stereocenters. The van der Waals surface area contributed by atoms with Gasteiger partial charge in [-0.2, -0.15) is 0 Å². The topological polar surface area (TPSA) is 40.5 Å². The number of aliphatic hydroxyl groups is 2. The van der Waals surface area contributed by atoms with Crippen LogP contribution in [0.2, 0.25) is 0 Å². The van der Waals surface area contributed by atoms with Crippen LogP contribution in [-0.4, -0.2) is 22.4 Å². The van der Waals surface area contributed by atoms with E-state index in [2.05, 4.69) is 54.5 Å². The molecular formula is C29H48O2. The van der Waals surface area contributed by atoms with Crippen LogP contribution in [0.4, 0.5) is 0 Å². The van der Waals surface area contributed by atoms with Crippen molar-refractivity contribution in [1.82, 2.24) is 0 Å². The molecule has 0 spiro atoms. The lowest BCUT2D eigenvalue weighted by Gasteiger charge is -2.59. The molecule has 1 fully saturated rings. The highest BCUT2D eigenvalue weighted by Gasteiger charge is 2.57. The average Bonchev–Trinajstić information content (AvgIpc) is 3.06. The fourth-order valence-electron chi connectivity index (χ4n) is 8.55. The highest BCUT2D eigenvalue weighted by Crippen LogP contribution is 2.66. The van der Waals surface area contributed by atoms with Crippen LogP contribution in [0.5, 0.6) is 0 Å². The monoisotopic (exact) mass is 428 g/mol. The summed E-state index contributed by atoms with van der Waals surface area (Å²) >= 11 is 0. The SMILES string of the molecule is CC(C)CC[C@H](O)[C@@H](C)[C@H]1CC=C2C3=C(CC[C@@]21C)[C@@]1(C)CC[C@H](O)C(C)(C)[C@@H]1CC3. The normalized spacial score (nSPS) is 41.4. The molecule has 0 aromatic heterocycles. The summed E-state index contributed by atoms with van der Waals surface area (Å²) in [6, 6.07) is 0. The molecule has 0 aromatic rings. The van der Waals surface area contributed by atoms with Crippen molar-refractivity contribution in [2.24, 2.45) is 39.9 Å². The second-order valence-corrected chi connectivity index (χ2v) is 13.1. The maximum absolute atomic E-state index is 11.0. The van der Waals surface area contributed by atoms with Gasteiger partial charge >= 0.3 is 0 Å². The molecule has 0 bridgehead atoms. The Morgan fingerprint density at radius 3 is 2.35 bits per heavy atom. The van der Waals surface area contributed by atoms with Gasteiger partial charge in [0, 0.05) is 0 Å². The maximum atomic E-state index is 11.0. The molecule has 0 saturated heterocycles. The zero-order valence-electron chi connectivity index (χ0n) is 21.3. The van der Waals surface area contributed by atoms with E-state index in [0.29, 0.717) is 23.7 Å². The van der Waals surface area contributed by atoms with Crippen molar-refractivity contribution in [3.63, 3.8) is 0 Å². The van der Waals surface area contributed by atoms with Gasteiger partial charge < -0.3 is 10.2 Å². The predicted octanol–water partition coefficient (Wildman–Crippen LogP) is 7.06. The van der Waals surface area contributed by atoms with Crippen LogP contribution in [0.1, 0.15) is 106 Å². The van der Waals surface area contributed by atoms with Crippen molar-refractivity contribution < 1.29 is 10.2 Å². The van der Waals surface area contributed by atoms with Gasteiger partial charge in [0.1, 0.15) is 0 Å². The molecule has 0 heterocycles. The minimum atomic E-state index is -0.179. The zero-order valence-corrected chi connectivity index (χ0v) is 21.3. The molecule has 0 amide bonds. The lowest BCUT2D eigenvalue weighted by Crippen LogP contribution is -2.53. The summed E-state index contributed by atoms with van der Waals surface area (Å²) < 4.78 is 0. The third-order valence-electron chi connectivity index (χ3n) is 10.7. The average molecular weight is 429 g/mol. The van der Waals surface area contributed by atoms with Crippen molar-refractivity contribution in [3.8, 4) is 0 Å². The Hall–Kier alpha value is -0.600. The molecule has 31 heavy (non-hydrogen) atoms. The van der Waals surface area contributed by atoms with E-state index in [1.54, 1.807) is 16.7 Å². The number of hydrogen-bond acceptors (Lipinski definition) is 2. The van der Waals surface area contributed by atoms with Crippen molar-refractivity contribution in [3.05, 3.63) is 22.8 Å². The number of allylic oxidation sites excluding steroid dienone is 4. The van der Waals surface area contributed by atoms with Crippen molar-refractivity contribution >= 4 is 0 Å². The van der Waals surface area contributed by atoms with Crippen LogP contribution in [0.15, 0.2) is 22.8 Å². The summed E-state index contributed by atoms with van der Waals surface area (Å²) in [7, 11) is 0. The van der Waals surface area contributed by atoms with Crippen molar-refractivity contribution in [1.29, 1.82) is 0 Å². The third kappa shape index (κ3) is 3.59. The summed E-state index contributed by atoms with van der Waals surface area (Å²) in [4.78, 5) is 0. The molecule has 0 aliphatic heterocycles. The number of hydrogen-bond donors (Lipinski definition) is 2. The second-order valence-electron chi connectivity index (χ2n) is 13.1. The molecule has 4 aliphatic rings. The van der Waals surface area contributed by atoms with Crippen LogP contribution >= 0.6 is 0 Å². The van der Waals surface area contributed by atoms with E-state index in [0.717, 1.165) is 32.1 Å². The summed E-state index contributed by atoms with van der Waals surface area (Å²) in [6.45, 7) is 16.5. The van der Waals surface area contributed by atoms with Crippen LogP contribution in [0.25, 0.3) is 0 Å². The minimum absolute atomic E-state index is 0.00785. The molecule has 176 valence electrons. The zero-order chi connectivity index (χ0) is 22.8. The maximum Gasteiger partial charge on any atom is 0.0594 e. The van der Waals surface area contributed by atoms with Crippen LogP contribution in [0, 0.1) is 39.9 Å². The Morgan fingerprint density at radius 2 is 1.68 bits per heavy atom. The first-order valence-corrected chi connectivity index (χ1v) is 13.2. The van der Waals surface area contributed by atoms with E-state index in [-0.39, 0.29) is 28.5 Å². The quantitative estimate of drug-likeness (QED) is 0.492. The van der Waals surface area contributed by atoms with Crippen LogP contribution in [0.3, 0.4) is 0 Å². The highest BCUT2D eigenvalue weighted by molar-refractivity contribution is 5.49. The second kappa shape index (κ2) is 8.01. The van der Waals surface area contributed by atoms with Crippen molar-refractivity contribution in [2.75, 3.05) is 0 Å². The number of fused-ring (bicyclic) bond motifs is 4. The fourth-order valence-corrected chi connectivity index (χ4v) is 8.55. The molecule has 4 rings (SSSR count). The number of aliphatic hydroxyl groups excluding tert-OH is 2. The van der Waals surface area contributed by atoms with E-state index >= 15 is 0 Å². The Balaban J connectivity index is 1.60. The summed E-state index contributed by atoms with van der Waals surface area (Å²) in [5.74, 6) is 2.16. The standard InChI is InChI=1S/C29H48O2/c1-18(2)8-12-24(30)19(3)21-10-11-22-20-9-13-25-27(4,5)26(31)15-17-29(25,7)23(20)14-16-28(21,22)6/h11,18-19,21,24-26,30-31H,8-10,12-17H2,1-7H3/t19-,21+,24-,25-,26-,28+,29+/m0/s1. The molecule has 2 nitrogen and oxygen atoms in total. The number of rotatable bonds is 5.